The van der Waals surface area contributed by atoms with E-state index in [0.717, 1.165) is 0 Å². The summed E-state index contributed by atoms with van der Waals surface area (Å²) in [5.74, 6) is 0. The lowest BCUT2D eigenvalue weighted by atomic mass is 11.8. The second-order valence-corrected chi connectivity index (χ2v) is 32.3. The van der Waals surface area contributed by atoms with Gasteiger partial charge in [-0.3, -0.25) is 0 Å². The molecule has 0 aromatic heterocycles. The predicted octanol–water partition coefficient (Wildman–Crippen LogP) is 6.06. The van der Waals surface area contributed by atoms with Crippen LogP contribution in [0, 0.1) is 0 Å². The minimum absolute atomic E-state index is 1.23. The van der Waals surface area contributed by atoms with Crippen LogP contribution in [0.15, 0.2) is 0 Å². The number of hydrogen-bond acceptors (Lipinski definition) is 3. The van der Waals surface area contributed by atoms with Gasteiger partial charge in [-0.15, -0.1) is 0 Å². The summed E-state index contributed by atoms with van der Waals surface area (Å²) in [5, 5.41) is 0. The molecular weight excluding hydrogens is 357 g/mol. The molecule has 0 saturated heterocycles. The van der Waals surface area contributed by atoms with Crippen LogP contribution >= 0.6 is 0 Å². The molecule has 0 fully saturated rings. The third-order valence-corrected chi connectivity index (χ3v) is 15.4. The Hall–Kier alpha value is 0.964. The first kappa shape index (κ1) is 25.2. The smallest absolute Gasteiger partial charge is 0.311 e. The molecular formula is C14H42O3Si5. The van der Waals surface area contributed by atoms with E-state index in [0.29, 0.717) is 0 Å². The quantitative estimate of drug-likeness (QED) is 0.508. The Bertz CT molecular complexity index is 289. The molecule has 0 bridgehead atoms. The third-order valence-electron chi connectivity index (χ3n) is 1.72. The van der Waals surface area contributed by atoms with Gasteiger partial charge in [0, 0.05) is 0 Å². The second kappa shape index (κ2) is 8.37. The highest BCUT2D eigenvalue weighted by atomic mass is 28.5. The molecule has 136 valence electrons. The van der Waals surface area contributed by atoms with Crippen LogP contribution in [0.1, 0.15) is 0 Å². The maximum Gasteiger partial charge on any atom is 0.311 e. The van der Waals surface area contributed by atoms with Crippen LogP contribution < -0.4 is 0 Å². The summed E-state index contributed by atoms with van der Waals surface area (Å²) in [6.07, 6.45) is 0. The van der Waals surface area contributed by atoms with Crippen molar-refractivity contribution < 1.29 is 12.3 Å². The highest BCUT2D eigenvalue weighted by Gasteiger charge is 2.35. The molecule has 0 aromatic rings. The van der Waals surface area contributed by atoms with Crippen molar-refractivity contribution >= 4 is 41.8 Å². The second-order valence-electron chi connectivity index (χ2n) is 10.2. The lowest BCUT2D eigenvalue weighted by Gasteiger charge is -2.35. The maximum atomic E-state index is 6.09. The molecule has 0 spiro atoms. The molecule has 0 amide bonds. The Morgan fingerprint density at radius 2 is 0.500 bits per heavy atom. The van der Waals surface area contributed by atoms with Crippen molar-refractivity contribution in [3.05, 3.63) is 0 Å². The van der Waals surface area contributed by atoms with Crippen LogP contribution in [0.25, 0.3) is 0 Å². The summed E-state index contributed by atoms with van der Waals surface area (Å²) < 4.78 is 18.1. The Balaban J connectivity index is 0. The van der Waals surface area contributed by atoms with Crippen molar-refractivity contribution in [3.63, 3.8) is 0 Å². The van der Waals surface area contributed by atoms with Gasteiger partial charge in [0.25, 0.3) is 0 Å². The number of rotatable bonds is 6. The summed E-state index contributed by atoms with van der Waals surface area (Å²) >= 11 is 0. The van der Waals surface area contributed by atoms with Crippen molar-refractivity contribution in [1.29, 1.82) is 0 Å². The summed E-state index contributed by atoms with van der Waals surface area (Å²) in [4.78, 5) is 0. The molecule has 0 aliphatic carbocycles. The first-order chi connectivity index (χ1) is 9.12. The Morgan fingerprint density at radius 3 is 0.591 bits per heavy atom. The average molecular weight is 399 g/mol. The van der Waals surface area contributed by atoms with Gasteiger partial charge in [-0.1, -0.05) is 0 Å². The molecule has 0 radical (unpaired) electrons. The van der Waals surface area contributed by atoms with Gasteiger partial charge in [0.15, 0.2) is 33.3 Å². The van der Waals surface area contributed by atoms with E-state index in [1.807, 2.05) is 0 Å². The van der Waals surface area contributed by atoms with Crippen LogP contribution in [0.4, 0.5) is 0 Å². The molecule has 0 aliphatic rings. The monoisotopic (exact) mass is 398 g/mol. The summed E-state index contributed by atoms with van der Waals surface area (Å²) in [6.45, 7) is 31.1. The van der Waals surface area contributed by atoms with Crippen LogP contribution in [-0.4, -0.2) is 41.8 Å². The van der Waals surface area contributed by atoms with Crippen LogP contribution in [0.2, 0.25) is 91.7 Å². The van der Waals surface area contributed by atoms with Gasteiger partial charge in [-0.05, 0) is 91.7 Å². The molecule has 0 saturated carbocycles. The van der Waals surface area contributed by atoms with E-state index < -0.39 is 41.8 Å². The molecule has 0 aromatic carbocycles. The van der Waals surface area contributed by atoms with Gasteiger partial charge in [0.05, 0.1) is 0 Å². The van der Waals surface area contributed by atoms with Gasteiger partial charge < -0.3 is 12.3 Å². The van der Waals surface area contributed by atoms with E-state index in [1.165, 1.54) is 0 Å². The topological polar surface area (TPSA) is 27.7 Å². The minimum Gasteiger partial charge on any atom is -0.456 e. The van der Waals surface area contributed by atoms with Gasteiger partial charge in [0.2, 0.25) is 0 Å². The minimum atomic E-state index is -1.85. The first-order valence-electron chi connectivity index (χ1n) is 8.22. The van der Waals surface area contributed by atoms with Crippen LogP contribution in [-0.2, 0) is 12.3 Å². The SMILES string of the molecule is C[Si](C)(C)O[Si](C)(C)C.C[Si](C)(C)O[Si](C)(C)O[Si](C)(C)C. The third kappa shape index (κ3) is 23.2. The standard InChI is InChI=1S/C8H24O2Si3.C6H18OSi2/c1-11(2,3)9-13(7,8)10-12(4,5)6;1-8(2,3)7-9(4,5)6/h1-8H3;1-6H3. The van der Waals surface area contributed by atoms with Crippen molar-refractivity contribution in [2.75, 3.05) is 0 Å². The molecule has 0 N–H and O–H groups in total. The first-order valence-corrected chi connectivity index (χ1v) is 24.7. The molecule has 8 heteroatoms. The maximum absolute atomic E-state index is 6.09. The summed E-state index contributed by atoms with van der Waals surface area (Å²) in [5.41, 5.74) is 0. The average Bonchev–Trinajstić information content (AvgIpc) is 1.82. The van der Waals surface area contributed by atoms with Crippen LogP contribution in [0.5, 0.6) is 0 Å². The highest BCUT2D eigenvalue weighted by molar-refractivity contribution is 6.87. The van der Waals surface area contributed by atoms with Crippen LogP contribution in [0.3, 0.4) is 0 Å². The Morgan fingerprint density at radius 1 is 0.318 bits per heavy atom. The molecule has 0 atom stereocenters. The van der Waals surface area contributed by atoms with E-state index >= 15 is 0 Å². The van der Waals surface area contributed by atoms with Gasteiger partial charge >= 0.3 is 8.56 Å². The Kier molecular flexibility index (Phi) is 9.59. The number of hydrogen-bond donors (Lipinski definition) is 0. The normalized spacial score (nSPS) is 14.5. The lowest BCUT2D eigenvalue weighted by molar-refractivity contribution is 0.395. The zero-order chi connectivity index (χ0) is 18.6. The van der Waals surface area contributed by atoms with Crippen molar-refractivity contribution in [3.8, 4) is 0 Å². The van der Waals surface area contributed by atoms with Crippen molar-refractivity contribution in [1.82, 2.24) is 0 Å². The zero-order valence-corrected chi connectivity index (χ0v) is 22.7. The molecule has 3 nitrogen and oxygen atoms in total. The fourth-order valence-electron chi connectivity index (χ4n) is 2.41. The molecule has 0 heterocycles. The van der Waals surface area contributed by atoms with Gasteiger partial charge in [-0.2, -0.15) is 0 Å². The Labute approximate surface area is 145 Å². The fourth-order valence-corrected chi connectivity index (χ4v) is 22.1. The van der Waals surface area contributed by atoms with Crippen molar-refractivity contribution in [2.45, 2.75) is 91.7 Å². The molecule has 0 unspecified atom stereocenters. The molecule has 0 aliphatic heterocycles. The van der Waals surface area contributed by atoms with E-state index in [1.54, 1.807) is 0 Å². The van der Waals surface area contributed by atoms with Gasteiger partial charge in [0.1, 0.15) is 0 Å². The zero-order valence-electron chi connectivity index (χ0n) is 17.7. The van der Waals surface area contributed by atoms with E-state index in [9.17, 15) is 0 Å². The predicted molar refractivity (Wildman–Crippen MR) is 114 cm³/mol. The lowest BCUT2D eigenvalue weighted by Crippen LogP contribution is -2.50. The molecule has 0 rings (SSSR count). The fraction of sp³-hybridized carbons (Fsp3) is 1.00. The summed E-state index contributed by atoms with van der Waals surface area (Å²) in [7, 11) is -7.18. The highest BCUT2D eigenvalue weighted by Crippen LogP contribution is 2.19. The largest absolute Gasteiger partial charge is 0.456 e. The summed E-state index contributed by atoms with van der Waals surface area (Å²) in [6, 6.07) is 0. The van der Waals surface area contributed by atoms with Gasteiger partial charge in [-0.25, -0.2) is 0 Å². The van der Waals surface area contributed by atoms with E-state index in [2.05, 4.69) is 91.7 Å². The molecule has 22 heavy (non-hydrogen) atoms. The van der Waals surface area contributed by atoms with Crippen molar-refractivity contribution in [2.24, 2.45) is 0 Å². The van der Waals surface area contributed by atoms with E-state index in [-0.39, 0.29) is 0 Å². The van der Waals surface area contributed by atoms with E-state index in [4.69, 9.17) is 12.3 Å².